The predicted molar refractivity (Wildman–Crippen MR) is 88.6 cm³/mol. The van der Waals surface area contributed by atoms with E-state index >= 15 is 0 Å². The first-order valence-corrected chi connectivity index (χ1v) is 8.90. The zero-order valence-electron chi connectivity index (χ0n) is 14.9. The fourth-order valence-electron chi connectivity index (χ4n) is 2.46. The molecule has 0 aromatic heterocycles. The van der Waals surface area contributed by atoms with Crippen LogP contribution in [0, 0.1) is 5.92 Å². The van der Waals surface area contributed by atoms with E-state index in [4.69, 9.17) is 9.47 Å². The average molecular weight is 314 g/mol. The third-order valence-corrected chi connectivity index (χ3v) is 3.84. The number of carbonyl (C=O) groups excluding carboxylic acids is 2. The summed E-state index contributed by atoms with van der Waals surface area (Å²) in [5, 5.41) is 0. The predicted octanol–water partition coefficient (Wildman–Crippen LogP) is 4.65. The molecule has 0 rings (SSSR count). The van der Waals surface area contributed by atoms with Crippen molar-refractivity contribution in [2.45, 2.75) is 91.6 Å². The minimum Gasteiger partial charge on any atom is -0.466 e. The molecule has 0 aliphatic rings. The summed E-state index contributed by atoms with van der Waals surface area (Å²) in [6, 6.07) is 0. The Morgan fingerprint density at radius 1 is 0.909 bits per heavy atom. The molecule has 0 spiro atoms. The Morgan fingerprint density at radius 3 is 2.18 bits per heavy atom. The first-order valence-electron chi connectivity index (χ1n) is 8.90. The maximum Gasteiger partial charge on any atom is 0.306 e. The second-order valence-electron chi connectivity index (χ2n) is 5.98. The van der Waals surface area contributed by atoms with Crippen molar-refractivity contribution in [2.24, 2.45) is 5.92 Å². The van der Waals surface area contributed by atoms with E-state index in [-0.39, 0.29) is 18.0 Å². The van der Waals surface area contributed by atoms with Gasteiger partial charge in [-0.2, -0.15) is 0 Å². The number of rotatable bonds is 13. The van der Waals surface area contributed by atoms with E-state index in [1.165, 1.54) is 0 Å². The first kappa shape index (κ1) is 20.9. The largest absolute Gasteiger partial charge is 0.466 e. The Balaban J connectivity index is 3.81. The van der Waals surface area contributed by atoms with Crippen molar-refractivity contribution in [1.29, 1.82) is 0 Å². The molecule has 0 fully saturated rings. The number of unbranched alkanes of at least 4 members (excludes halogenated alkanes) is 2. The van der Waals surface area contributed by atoms with Crippen LogP contribution in [0.1, 0.15) is 85.5 Å². The van der Waals surface area contributed by atoms with Gasteiger partial charge in [0.05, 0.1) is 6.61 Å². The van der Waals surface area contributed by atoms with Gasteiger partial charge in [0.2, 0.25) is 0 Å². The summed E-state index contributed by atoms with van der Waals surface area (Å²) in [5.74, 6) is -0.0219. The standard InChI is InChI=1S/C18H34O4/c1-5-8-9-14-21-17(19)12-10-13-18(20)22-16(7-3)15(4)11-6-2/h15-16H,5-14H2,1-4H3. The number of ether oxygens (including phenoxy) is 2. The van der Waals surface area contributed by atoms with Gasteiger partial charge in [-0.3, -0.25) is 9.59 Å². The lowest BCUT2D eigenvalue weighted by Crippen LogP contribution is -2.24. The second kappa shape index (κ2) is 13.6. The Hall–Kier alpha value is -1.06. The highest BCUT2D eigenvalue weighted by atomic mass is 16.5. The van der Waals surface area contributed by atoms with Crippen molar-refractivity contribution in [3.63, 3.8) is 0 Å². The van der Waals surface area contributed by atoms with Gasteiger partial charge in [0.25, 0.3) is 0 Å². The lowest BCUT2D eigenvalue weighted by Gasteiger charge is -2.22. The van der Waals surface area contributed by atoms with Gasteiger partial charge in [0.15, 0.2) is 0 Å². The Labute approximate surface area is 135 Å². The van der Waals surface area contributed by atoms with Crippen LogP contribution in [-0.4, -0.2) is 24.6 Å². The van der Waals surface area contributed by atoms with Gasteiger partial charge in [-0.15, -0.1) is 0 Å². The Morgan fingerprint density at radius 2 is 1.59 bits per heavy atom. The number of hydrogen-bond donors (Lipinski definition) is 0. The van der Waals surface area contributed by atoms with Gasteiger partial charge in [-0.25, -0.2) is 0 Å². The highest BCUT2D eigenvalue weighted by Gasteiger charge is 2.19. The third-order valence-electron chi connectivity index (χ3n) is 3.84. The molecule has 0 aliphatic heterocycles. The van der Waals surface area contributed by atoms with Gasteiger partial charge >= 0.3 is 11.9 Å². The van der Waals surface area contributed by atoms with Crippen molar-refractivity contribution in [3.05, 3.63) is 0 Å². The van der Waals surface area contributed by atoms with Gasteiger partial charge in [0, 0.05) is 12.8 Å². The molecular weight excluding hydrogens is 280 g/mol. The molecule has 0 aromatic carbocycles. The van der Waals surface area contributed by atoms with Gasteiger partial charge in [-0.1, -0.05) is 47.0 Å². The van der Waals surface area contributed by atoms with E-state index < -0.39 is 0 Å². The van der Waals surface area contributed by atoms with Crippen LogP contribution in [-0.2, 0) is 19.1 Å². The molecule has 0 N–H and O–H groups in total. The van der Waals surface area contributed by atoms with Gasteiger partial charge in [0.1, 0.15) is 6.10 Å². The molecule has 0 aliphatic carbocycles. The van der Waals surface area contributed by atoms with Crippen LogP contribution < -0.4 is 0 Å². The van der Waals surface area contributed by atoms with Crippen molar-refractivity contribution in [1.82, 2.24) is 0 Å². The van der Waals surface area contributed by atoms with Crippen LogP contribution >= 0.6 is 0 Å². The fraction of sp³-hybridized carbons (Fsp3) is 0.889. The smallest absolute Gasteiger partial charge is 0.306 e. The van der Waals surface area contributed by atoms with Crippen LogP contribution in [0.4, 0.5) is 0 Å². The highest BCUT2D eigenvalue weighted by Crippen LogP contribution is 2.17. The first-order chi connectivity index (χ1) is 10.5. The van der Waals surface area contributed by atoms with E-state index in [1.807, 2.05) is 6.92 Å². The molecule has 4 nitrogen and oxygen atoms in total. The van der Waals surface area contributed by atoms with Crippen LogP contribution in [0.15, 0.2) is 0 Å². The number of carbonyl (C=O) groups is 2. The molecule has 2 unspecified atom stereocenters. The molecule has 0 aromatic rings. The molecule has 0 radical (unpaired) electrons. The summed E-state index contributed by atoms with van der Waals surface area (Å²) in [6.45, 7) is 8.90. The zero-order valence-corrected chi connectivity index (χ0v) is 14.9. The van der Waals surface area contributed by atoms with Gasteiger partial charge in [-0.05, 0) is 31.6 Å². The molecule has 0 amide bonds. The van der Waals surface area contributed by atoms with Crippen LogP contribution in [0.25, 0.3) is 0 Å². The molecule has 2 atom stereocenters. The van der Waals surface area contributed by atoms with E-state index in [0.717, 1.165) is 38.5 Å². The molecule has 0 saturated heterocycles. The average Bonchev–Trinajstić information content (AvgIpc) is 2.49. The maximum atomic E-state index is 11.8. The summed E-state index contributed by atoms with van der Waals surface area (Å²) in [6.07, 6.45) is 7.19. The topological polar surface area (TPSA) is 52.6 Å². The number of esters is 2. The molecule has 0 heterocycles. The van der Waals surface area contributed by atoms with Crippen LogP contribution in [0.2, 0.25) is 0 Å². The molecule has 0 saturated carbocycles. The summed E-state index contributed by atoms with van der Waals surface area (Å²) in [7, 11) is 0. The Bertz CT molecular complexity index is 301. The van der Waals surface area contributed by atoms with E-state index in [2.05, 4.69) is 20.8 Å². The van der Waals surface area contributed by atoms with Crippen LogP contribution in [0.3, 0.4) is 0 Å². The normalized spacial score (nSPS) is 13.5. The quantitative estimate of drug-likeness (QED) is 0.367. The van der Waals surface area contributed by atoms with E-state index in [9.17, 15) is 9.59 Å². The van der Waals surface area contributed by atoms with Crippen molar-refractivity contribution < 1.29 is 19.1 Å². The molecule has 22 heavy (non-hydrogen) atoms. The summed E-state index contributed by atoms with van der Waals surface area (Å²) < 4.78 is 10.6. The fourth-order valence-corrected chi connectivity index (χ4v) is 2.46. The van der Waals surface area contributed by atoms with Crippen molar-refractivity contribution in [2.75, 3.05) is 6.61 Å². The molecular formula is C18H34O4. The minimum atomic E-state index is -0.213. The summed E-state index contributed by atoms with van der Waals surface area (Å²) in [5.41, 5.74) is 0. The molecule has 130 valence electrons. The zero-order chi connectivity index (χ0) is 16.8. The molecule has 0 bridgehead atoms. The monoisotopic (exact) mass is 314 g/mol. The SMILES string of the molecule is CCCCCOC(=O)CCCC(=O)OC(CC)C(C)CCC. The van der Waals surface area contributed by atoms with Crippen LogP contribution in [0.5, 0.6) is 0 Å². The van der Waals surface area contributed by atoms with Crippen molar-refractivity contribution >= 4 is 11.9 Å². The van der Waals surface area contributed by atoms with E-state index in [0.29, 0.717) is 31.8 Å². The molecule has 4 heteroatoms. The maximum absolute atomic E-state index is 11.8. The highest BCUT2D eigenvalue weighted by molar-refractivity contribution is 5.72. The summed E-state index contributed by atoms with van der Waals surface area (Å²) in [4.78, 5) is 23.3. The van der Waals surface area contributed by atoms with Crippen molar-refractivity contribution in [3.8, 4) is 0 Å². The summed E-state index contributed by atoms with van der Waals surface area (Å²) >= 11 is 0. The third kappa shape index (κ3) is 10.6. The Kier molecular flexibility index (Phi) is 12.9. The van der Waals surface area contributed by atoms with E-state index in [1.54, 1.807) is 0 Å². The second-order valence-corrected chi connectivity index (χ2v) is 5.98. The minimum absolute atomic E-state index is 0.00607. The lowest BCUT2D eigenvalue weighted by atomic mass is 9.97. The lowest BCUT2D eigenvalue weighted by molar-refractivity contribution is -0.152. The van der Waals surface area contributed by atoms with Gasteiger partial charge < -0.3 is 9.47 Å². The number of hydrogen-bond acceptors (Lipinski definition) is 4.